The molecule has 0 aromatic heterocycles. The van der Waals surface area contributed by atoms with Gasteiger partial charge < -0.3 is 15.7 Å². The smallest absolute Gasteiger partial charge is 0.0577 e. The molecule has 0 aliphatic heterocycles. The molecule has 73 valence electrons. The zero-order chi connectivity index (χ0) is 10.1. The quantitative estimate of drug-likeness (QED) is 0.336. The first kappa shape index (κ1) is 13.6. The van der Waals surface area contributed by atoms with Crippen LogP contribution in [0.5, 0.6) is 0 Å². The van der Waals surface area contributed by atoms with Gasteiger partial charge in [0.25, 0.3) is 0 Å². The molecule has 11 radical (unpaired) electrons. The van der Waals surface area contributed by atoms with Gasteiger partial charge in [-0.1, -0.05) is 25.5 Å². The van der Waals surface area contributed by atoms with Crippen molar-refractivity contribution in [2.24, 2.45) is 0 Å². The lowest BCUT2D eigenvalue weighted by molar-refractivity contribution is 0.868. The van der Waals surface area contributed by atoms with Gasteiger partial charge in [0, 0.05) is 50.8 Å². The molecule has 0 aliphatic carbocycles. The highest BCUT2D eigenvalue weighted by molar-refractivity contribution is 7.57. The summed E-state index contributed by atoms with van der Waals surface area (Å²) in [6, 6.07) is 0. The van der Waals surface area contributed by atoms with Crippen LogP contribution in [0.25, 0.3) is 0 Å². The molecule has 2 unspecified atom stereocenters. The second kappa shape index (κ2) is 9.15. The van der Waals surface area contributed by atoms with Crippen molar-refractivity contribution in [3.63, 3.8) is 0 Å². The largest absolute Gasteiger partial charge is 1.00 e. The molecule has 9 heteroatoms. The molecule has 0 saturated carbocycles. The van der Waals surface area contributed by atoms with Gasteiger partial charge in [-0.2, -0.15) is 0 Å². The van der Waals surface area contributed by atoms with Crippen molar-refractivity contribution in [3.05, 3.63) is 0 Å². The molecule has 0 spiro atoms. The van der Waals surface area contributed by atoms with Crippen LogP contribution < -0.4 is 0 Å². The first-order valence-electron chi connectivity index (χ1n) is 4.49. The third kappa shape index (κ3) is 7.64. The Bertz CT molecular complexity index is 132. The minimum atomic E-state index is 0. The highest BCUT2D eigenvalue weighted by Crippen LogP contribution is 2.19. The average Bonchev–Trinajstić information content (AvgIpc) is 2.12. The van der Waals surface area contributed by atoms with Gasteiger partial charge in [0.05, 0.1) is 14.3 Å². The van der Waals surface area contributed by atoms with Crippen molar-refractivity contribution in [1.29, 1.82) is 0 Å². The van der Waals surface area contributed by atoms with Crippen molar-refractivity contribution < 1.29 is 15.7 Å². The van der Waals surface area contributed by atoms with E-state index >= 15 is 0 Å². The van der Waals surface area contributed by atoms with Crippen molar-refractivity contribution in [2.75, 3.05) is 0 Å². The Morgan fingerprint density at radius 2 is 1.46 bits per heavy atom. The standard InChI is InChI=1S/C4H8B9.11H/c1-3(7-9-5)4(2)8-11-13-12-10-6;;;;;;;;;;;/h3-4H,1-2H3;;;;;;;;;;;/q;11*-1. The molecule has 0 nitrogen and oxygen atoms in total. The van der Waals surface area contributed by atoms with Gasteiger partial charge in [0.2, 0.25) is 0 Å². The van der Waals surface area contributed by atoms with Crippen LogP contribution in [0.15, 0.2) is 0 Å². The summed E-state index contributed by atoms with van der Waals surface area (Å²) >= 11 is 0. The van der Waals surface area contributed by atoms with E-state index < -0.39 is 0 Å². The Kier molecular flexibility index (Phi) is 9.56. The maximum absolute atomic E-state index is 5.30. The first-order valence-corrected chi connectivity index (χ1v) is 4.49. The lowest BCUT2D eigenvalue weighted by Crippen LogP contribution is -2.27. The van der Waals surface area contributed by atoms with E-state index in [1.54, 1.807) is 14.1 Å². The summed E-state index contributed by atoms with van der Waals surface area (Å²) in [6.45, 7) is 4.29. The summed E-state index contributed by atoms with van der Waals surface area (Å²) < 4.78 is 0. The van der Waals surface area contributed by atoms with E-state index in [-0.39, 0.29) is 15.7 Å². The SMILES string of the molecule is [B][B][B][B][B][B]C(C)C(C)[B][B][B].[H-].[H-].[H-].[H-].[H-].[H-].[H-].[H-].[H-].[H-].[H-]. The normalized spacial score (nSPS) is 13.4. The van der Waals surface area contributed by atoms with Gasteiger partial charge in [-0.15, -0.1) is 0 Å². The van der Waals surface area contributed by atoms with Gasteiger partial charge in [-0.3, -0.25) is 0 Å². The monoisotopic (exact) mass is 166 g/mol. The molecule has 0 rings (SSSR count). The van der Waals surface area contributed by atoms with Crippen molar-refractivity contribution in [3.8, 4) is 0 Å². The van der Waals surface area contributed by atoms with Crippen LogP contribution >= 0.6 is 0 Å². The Morgan fingerprint density at radius 3 is 2.00 bits per heavy atom. The number of hydrogen-bond acceptors (Lipinski definition) is 0. The molecule has 0 heterocycles. The molecule has 0 fully saturated rings. The summed E-state index contributed by atoms with van der Waals surface area (Å²) in [5.41, 5.74) is 0. The van der Waals surface area contributed by atoms with Crippen LogP contribution in [-0.4, -0.2) is 65.1 Å². The van der Waals surface area contributed by atoms with E-state index in [9.17, 15) is 0 Å². The molecular formula is C4H19B9-11. The molecule has 0 N–H and O–H groups in total. The van der Waals surface area contributed by atoms with E-state index in [0.29, 0.717) is 11.6 Å². The van der Waals surface area contributed by atoms with Gasteiger partial charge in [0.15, 0.2) is 0 Å². The number of hydrogen-bond donors (Lipinski definition) is 0. The maximum Gasteiger partial charge on any atom is 0.0577 e. The zero-order valence-corrected chi connectivity index (χ0v) is 8.35. The van der Waals surface area contributed by atoms with E-state index in [2.05, 4.69) is 21.0 Å². The molecule has 0 saturated heterocycles. The van der Waals surface area contributed by atoms with E-state index in [4.69, 9.17) is 15.5 Å². The van der Waals surface area contributed by atoms with Crippen LogP contribution in [0.4, 0.5) is 0 Å². The summed E-state index contributed by atoms with van der Waals surface area (Å²) in [5, 5.41) is 0. The second-order valence-corrected chi connectivity index (χ2v) is 3.07. The van der Waals surface area contributed by atoms with Crippen molar-refractivity contribution >= 4 is 65.1 Å². The third-order valence-corrected chi connectivity index (χ3v) is 1.99. The van der Waals surface area contributed by atoms with Crippen LogP contribution in [0.1, 0.15) is 29.5 Å². The fourth-order valence-electron chi connectivity index (χ4n) is 0.893. The average molecular weight is 165 g/mol. The highest BCUT2D eigenvalue weighted by atomic mass is 13.9. The van der Waals surface area contributed by atoms with Gasteiger partial charge in [0.1, 0.15) is 0 Å². The molecule has 0 bridgehead atoms. The van der Waals surface area contributed by atoms with Crippen LogP contribution in [0, 0.1) is 0 Å². The van der Waals surface area contributed by atoms with E-state index in [1.165, 1.54) is 7.06 Å². The molecule has 0 aromatic rings. The first-order chi connectivity index (χ1) is 6.22. The molecule has 0 amide bonds. The van der Waals surface area contributed by atoms with Crippen LogP contribution in [-0.2, 0) is 0 Å². The lowest BCUT2D eigenvalue weighted by Gasteiger charge is -2.18. The number of rotatable bonds is 8. The van der Waals surface area contributed by atoms with Crippen molar-refractivity contribution in [2.45, 2.75) is 25.5 Å². The van der Waals surface area contributed by atoms with Crippen molar-refractivity contribution in [1.82, 2.24) is 0 Å². The summed E-state index contributed by atoms with van der Waals surface area (Å²) in [4.78, 5) is 0. The minimum absolute atomic E-state index is 0. The maximum atomic E-state index is 5.30. The van der Waals surface area contributed by atoms with E-state index in [0.717, 1.165) is 0 Å². The Labute approximate surface area is 107 Å². The summed E-state index contributed by atoms with van der Waals surface area (Å²) in [6.07, 6.45) is 0. The Balaban J connectivity index is -0.0000000131. The molecular weight excluding hydrogens is 145 g/mol. The predicted molar refractivity (Wildman–Crippen MR) is 82.9 cm³/mol. The Hall–Kier alpha value is 0.584. The second-order valence-electron chi connectivity index (χ2n) is 3.07. The van der Waals surface area contributed by atoms with Crippen LogP contribution in [0.2, 0.25) is 11.6 Å². The fourth-order valence-corrected chi connectivity index (χ4v) is 0.893. The molecule has 0 aliphatic rings. The summed E-state index contributed by atoms with van der Waals surface area (Å²) in [5.74, 6) is 0.957. The molecule has 13 heavy (non-hydrogen) atoms. The Morgan fingerprint density at radius 1 is 0.846 bits per heavy atom. The van der Waals surface area contributed by atoms with Gasteiger partial charge in [-0.05, 0) is 0 Å². The molecule has 0 aromatic carbocycles. The minimum Gasteiger partial charge on any atom is -1.00 e. The predicted octanol–water partition coefficient (Wildman–Crippen LogP) is -0.488. The lowest BCUT2D eigenvalue weighted by atomic mass is 8.97. The van der Waals surface area contributed by atoms with Gasteiger partial charge in [-0.25, -0.2) is 0 Å². The molecule has 2 atom stereocenters. The van der Waals surface area contributed by atoms with Gasteiger partial charge >= 0.3 is 0 Å². The topological polar surface area (TPSA) is 0 Å². The fraction of sp³-hybridized carbons (Fsp3) is 1.00. The van der Waals surface area contributed by atoms with Crippen LogP contribution in [0.3, 0.4) is 0 Å². The summed E-state index contributed by atoms with van der Waals surface area (Å²) in [7, 11) is 23.4. The third-order valence-electron chi connectivity index (χ3n) is 1.99. The zero-order valence-electron chi connectivity index (χ0n) is 19.4. The van der Waals surface area contributed by atoms with E-state index in [1.807, 2.05) is 21.3 Å². The highest BCUT2D eigenvalue weighted by Gasteiger charge is 2.11.